The van der Waals surface area contributed by atoms with Crippen LogP contribution >= 0.6 is 0 Å². The fourth-order valence-electron chi connectivity index (χ4n) is 1.97. The van der Waals surface area contributed by atoms with Crippen LogP contribution in [0.4, 0.5) is 0 Å². The maximum atomic E-state index is 11.7. The van der Waals surface area contributed by atoms with E-state index in [4.69, 9.17) is 9.47 Å². The van der Waals surface area contributed by atoms with Gasteiger partial charge in [0, 0.05) is 0 Å². The van der Waals surface area contributed by atoms with Crippen molar-refractivity contribution in [1.29, 1.82) is 0 Å². The molecule has 0 radical (unpaired) electrons. The van der Waals surface area contributed by atoms with Crippen LogP contribution in [0.5, 0.6) is 5.75 Å². The summed E-state index contributed by atoms with van der Waals surface area (Å²) in [5.74, 6) is 0.593. The summed E-state index contributed by atoms with van der Waals surface area (Å²) in [5.41, 5.74) is 1.18. The van der Waals surface area contributed by atoms with Crippen molar-refractivity contribution in [2.45, 2.75) is 19.8 Å². The highest BCUT2D eigenvalue weighted by Crippen LogP contribution is 2.14. The molecule has 0 unspecified atom stereocenters. The van der Waals surface area contributed by atoms with Crippen LogP contribution in [-0.2, 0) is 9.53 Å². The highest BCUT2D eigenvalue weighted by molar-refractivity contribution is 5.72. The molecule has 1 aliphatic heterocycles. The van der Waals surface area contributed by atoms with E-state index in [1.807, 2.05) is 31.2 Å². The first kappa shape index (κ1) is 12.9. The van der Waals surface area contributed by atoms with Crippen LogP contribution in [0.2, 0.25) is 0 Å². The number of rotatable bonds is 4. The van der Waals surface area contributed by atoms with Crippen LogP contribution in [0.25, 0.3) is 0 Å². The molecular weight excluding hydrogens is 230 g/mol. The molecule has 1 heterocycles. The summed E-state index contributed by atoms with van der Waals surface area (Å²) in [4.78, 5) is 11.7. The number of esters is 1. The van der Waals surface area contributed by atoms with E-state index in [0.717, 1.165) is 31.7 Å². The molecular formula is C14H19NO3. The molecule has 0 aliphatic carbocycles. The van der Waals surface area contributed by atoms with Gasteiger partial charge >= 0.3 is 5.97 Å². The monoisotopic (exact) mass is 249 g/mol. The third kappa shape index (κ3) is 3.74. The summed E-state index contributed by atoms with van der Waals surface area (Å²) in [6.07, 6.45) is 1.70. The number of hydrogen-bond donors (Lipinski definition) is 1. The van der Waals surface area contributed by atoms with Gasteiger partial charge in [-0.05, 0) is 45.0 Å². The van der Waals surface area contributed by atoms with Crippen molar-refractivity contribution in [2.75, 3.05) is 19.9 Å². The summed E-state index contributed by atoms with van der Waals surface area (Å²) in [6, 6.07) is 7.66. The molecule has 1 aromatic rings. The van der Waals surface area contributed by atoms with Crippen molar-refractivity contribution in [2.24, 2.45) is 5.92 Å². The van der Waals surface area contributed by atoms with E-state index in [1.165, 1.54) is 5.56 Å². The van der Waals surface area contributed by atoms with E-state index in [0.29, 0.717) is 0 Å². The van der Waals surface area contributed by atoms with Gasteiger partial charge in [-0.3, -0.25) is 4.79 Å². The van der Waals surface area contributed by atoms with Crippen molar-refractivity contribution in [3.8, 4) is 5.75 Å². The van der Waals surface area contributed by atoms with Crippen LogP contribution < -0.4 is 10.1 Å². The summed E-state index contributed by atoms with van der Waals surface area (Å²) >= 11 is 0. The SMILES string of the molecule is Cc1ccc(OCOC(=O)C2CCNCC2)cc1. The maximum Gasteiger partial charge on any atom is 0.311 e. The molecule has 1 saturated heterocycles. The number of nitrogens with one attached hydrogen (secondary N) is 1. The van der Waals surface area contributed by atoms with E-state index in [2.05, 4.69) is 5.32 Å². The molecule has 18 heavy (non-hydrogen) atoms. The predicted molar refractivity (Wildman–Crippen MR) is 68.4 cm³/mol. The number of carbonyl (C=O) groups excluding carboxylic acids is 1. The fraction of sp³-hybridized carbons (Fsp3) is 0.500. The van der Waals surface area contributed by atoms with Gasteiger partial charge in [-0.1, -0.05) is 17.7 Å². The Balaban J connectivity index is 1.71. The minimum atomic E-state index is -0.149. The first-order valence-electron chi connectivity index (χ1n) is 6.32. The van der Waals surface area contributed by atoms with Gasteiger partial charge in [-0.25, -0.2) is 0 Å². The highest BCUT2D eigenvalue weighted by atomic mass is 16.7. The quantitative estimate of drug-likeness (QED) is 0.653. The molecule has 0 spiro atoms. The molecule has 0 atom stereocenters. The zero-order valence-corrected chi connectivity index (χ0v) is 10.6. The van der Waals surface area contributed by atoms with Gasteiger partial charge in [-0.15, -0.1) is 0 Å². The molecule has 98 valence electrons. The Morgan fingerprint density at radius 1 is 1.28 bits per heavy atom. The molecule has 0 amide bonds. The molecule has 1 aliphatic rings. The van der Waals surface area contributed by atoms with Crippen LogP contribution in [0.1, 0.15) is 18.4 Å². The topological polar surface area (TPSA) is 47.6 Å². The lowest BCUT2D eigenvalue weighted by Crippen LogP contribution is -2.33. The minimum absolute atomic E-state index is 0.00811. The van der Waals surface area contributed by atoms with Gasteiger partial charge in [0.15, 0.2) is 0 Å². The Labute approximate surface area is 107 Å². The zero-order chi connectivity index (χ0) is 12.8. The summed E-state index contributed by atoms with van der Waals surface area (Å²) < 4.78 is 10.5. The molecule has 1 aromatic carbocycles. The number of piperidine rings is 1. The summed E-state index contributed by atoms with van der Waals surface area (Å²) in [6.45, 7) is 3.78. The van der Waals surface area contributed by atoms with E-state index in [9.17, 15) is 4.79 Å². The van der Waals surface area contributed by atoms with Crippen LogP contribution in [0, 0.1) is 12.8 Å². The Hall–Kier alpha value is -1.55. The van der Waals surface area contributed by atoms with Crippen molar-refractivity contribution < 1.29 is 14.3 Å². The van der Waals surface area contributed by atoms with Crippen molar-refractivity contribution >= 4 is 5.97 Å². The lowest BCUT2D eigenvalue weighted by atomic mass is 9.99. The largest absolute Gasteiger partial charge is 0.457 e. The molecule has 2 rings (SSSR count). The average molecular weight is 249 g/mol. The number of carbonyl (C=O) groups is 1. The Morgan fingerprint density at radius 2 is 1.94 bits per heavy atom. The van der Waals surface area contributed by atoms with Crippen LogP contribution in [0.15, 0.2) is 24.3 Å². The van der Waals surface area contributed by atoms with Gasteiger partial charge in [0.05, 0.1) is 5.92 Å². The zero-order valence-electron chi connectivity index (χ0n) is 10.6. The minimum Gasteiger partial charge on any atom is -0.457 e. The first-order chi connectivity index (χ1) is 8.75. The maximum absolute atomic E-state index is 11.7. The van der Waals surface area contributed by atoms with Gasteiger partial charge in [0.2, 0.25) is 6.79 Å². The van der Waals surface area contributed by atoms with Gasteiger partial charge in [0.1, 0.15) is 5.75 Å². The number of aryl methyl sites for hydroxylation is 1. The standard InChI is InChI=1S/C14H19NO3/c1-11-2-4-13(5-3-11)17-10-18-14(16)12-6-8-15-9-7-12/h2-5,12,15H,6-10H2,1H3. The number of ether oxygens (including phenoxy) is 2. The Morgan fingerprint density at radius 3 is 2.61 bits per heavy atom. The molecule has 1 fully saturated rings. The van der Waals surface area contributed by atoms with E-state index in [1.54, 1.807) is 0 Å². The molecule has 4 heteroatoms. The smallest absolute Gasteiger partial charge is 0.311 e. The number of benzene rings is 1. The average Bonchev–Trinajstić information content (AvgIpc) is 2.42. The third-order valence-electron chi connectivity index (χ3n) is 3.12. The molecule has 0 aromatic heterocycles. The van der Waals surface area contributed by atoms with E-state index < -0.39 is 0 Å². The van der Waals surface area contributed by atoms with Crippen LogP contribution in [0.3, 0.4) is 0 Å². The molecule has 1 N–H and O–H groups in total. The highest BCUT2D eigenvalue weighted by Gasteiger charge is 2.22. The fourth-order valence-corrected chi connectivity index (χ4v) is 1.97. The third-order valence-corrected chi connectivity index (χ3v) is 3.12. The first-order valence-corrected chi connectivity index (χ1v) is 6.32. The second-order valence-corrected chi connectivity index (χ2v) is 4.56. The van der Waals surface area contributed by atoms with Crippen LogP contribution in [-0.4, -0.2) is 25.9 Å². The summed E-state index contributed by atoms with van der Waals surface area (Å²) in [7, 11) is 0. The van der Waals surface area contributed by atoms with Gasteiger partial charge < -0.3 is 14.8 Å². The van der Waals surface area contributed by atoms with E-state index >= 15 is 0 Å². The number of hydrogen-bond acceptors (Lipinski definition) is 4. The molecule has 0 saturated carbocycles. The molecule has 0 bridgehead atoms. The second kappa shape index (κ2) is 6.40. The van der Waals surface area contributed by atoms with Crippen molar-refractivity contribution in [3.63, 3.8) is 0 Å². The summed E-state index contributed by atoms with van der Waals surface area (Å²) in [5, 5.41) is 3.22. The molecule has 4 nitrogen and oxygen atoms in total. The Bertz CT molecular complexity index is 383. The van der Waals surface area contributed by atoms with Gasteiger partial charge in [-0.2, -0.15) is 0 Å². The van der Waals surface area contributed by atoms with E-state index in [-0.39, 0.29) is 18.7 Å². The second-order valence-electron chi connectivity index (χ2n) is 4.56. The van der Waals surface area contributed by atoms with Gasteiger partial charge in [0.25, 0.3) is 0 Å². The van der Waals surface area contributed by atoms with Crippen molar-refractivity contribution in [1.82, 2.24) is 5.32 Å². The lowest BCUT2D eigenvalue weighted by Gasteiger charge is -2.20. The predicted octanol–water partition coefficient (Wildman–Crippen LogP) is 1.87. The lowest BCUT2D eigenvalue weighted by molar-refractivity contribution is -0.156. The normalized spacial score (nSPS) is 16.3. The van der Waals surface area contributed by atoms with Crippen molar-refractivity contribution in [3.05, 3.63) is 29.8 Å². The Kier molecular flexibility index (Phi) is 4.59.